The Balaban J connectivity index is 2.04. The molecule has 1 aromatic rings. The molecule has 0 spiro atoms. The van der Waals surface area contributed by atoms with Crippen LogP contribution in [0.15, 0.2) is 18.2 Å². The van der Waals surface area contributed by atoms with Crippen molar-refractivity contribution >= 4 is 11.7 Å². The van der Waals surface area contributed by atoms with Gasteiger partial charge in [0.1, 0.15) is 12.4 Å². The summed E-state index contributed by atoms with van der Waals surface area (Å²) in [6, 6.07) is 5.75. The van der Waals surface area contributed by atoms with Crippen molar-refractivity contribution in [3.05, 3.63) is 23.8 Å². The van der Waals surface area contributed by atoms with Crippen LogP contribution in [0.5, 0.6) is 5.75 Å². The van der Waals surface area contributed by atoms with Crippen molar-refractivity contribution in [3.8, 4) is 5.75 Å². The standard InChI is InChI=1S/C13H15NO3/c1-14-6-7-17-11-3-2-9(8-10(11)14)13(4-5-13)12(15)16/h2-3,8H,4-7H2,1H3,(H,15,16). The number of likely N-dealkylation sites (N-methyl/N-ethyl adjacent to an activating group) is 1. The maximum Gasteiger partial charge on any atom is 0.314 e. The van der Waals surface area contributed by atoms with Crippen LogP contribution in [0.1, 0.15) is 18.4 Å². The molecule has 1 N–H and O–H groups in total. The average Bonchev–Trinajstić information content (AvgIpc) is 3.10. The number of benzene rings is 1. The van der Waals surface area contributed by atoms with Gasteiger partial charge in [-0.25, -0.2) is 0 Å². The van der Waals surface area contributed by atoms with Gasteiger partial charge < -0.3 is 14.7 Å². The lowest BCUT2D eigenvalue weighted by Gasteiger charge is -2.28. The van der Waals surface area contributed by atoms with Crippen molar-refractivity contribution in [2.75, 3.05) is 25.1 Å². The van der Waals surface area contributed by atoms with Crippen LogP contribution in [0, 0.1) is 0 Å². The van der Waals surface area contributed by atoms with Gasteiger partial charge in [0.25, 0.3) is 0 Å². The molecular weight excluding hydrogens is 218 g/mol. The van der Waals surface area contributed by atoms with E-state index in [1.165, 1.54) is 0 Å². The molecule has 17 heavy (non-hydrogen) atoms. The van der Waals surface area contributed by atoms with Crippen molar-refractivity contribution in [2.45, 2.75) is 18.3 Å². The third-order valence-corrected chi connectivity index (χ3v) is 3.77. The molecule has 0 saturated heterocycles. The predicted molar refractivity (Wildman–Crippen MR) is 63.8 cm³/mol. The van der Waals surface area contributed by atoms with Crippen LogP contribution >= 0.6 is 0 Å². The van der Waals surface area contributed by atoms with Crippen LogP contribution in [-0.4, -0.2) is 31.3 Å². The largest absolute Gasteiger partial charge is 0.490 e. The molecule has 0 amide bonds. The molecule has 0 atom stereocenters. The van der Waals surface area contributed by atoms with E-state index in [-0.39, 0.29) is 0 Å². The first-order valence-corrected chi connectivity index (χ1v) is 5.85. The Bertz CT molecular complexity index is 480. The zero-order valence-electron chi connectivity index (χ0n) is 9.77. The summed E-state index contributed by atoms with van der Waals surface area (Å²) < 4.78 is 5.55. The Morgan fingerprint density at radius 2 is 2.24 bits per heavy atom. The Morgan fingerprint density at radius 3 is 2.88 bits per heavy atom. The van der Waals surface area contributed by atoms with E-state index >= 15 is 0 Å². The average molecular weight is 233 g/mol. The lowest BCUT2D eigenvalue weighted by Crippen LogP contribution is -2.29. The topological polar surface area (TPSA) is 49.8 Å². The molecule has 4 heteroatoms. The number of carbonyl (C=O) groups is 1. The second-order valence-corrected chi connectivity index (χ2v) is 4.84. The zero-order valence-corrected chi connectivity index (χ0v) is 9.77. The first-order valence-electron chi connectivity index (χ1n) is 5.85. The van der Waals surface area contributed by atoms with E-state index in [1.807, 2.05) is 25.2 Å². The van der Waals surface area contributed by atoms with Gasteiger partial charge in [0, 0.05) is 7.05 Å². The molecule has 1 fully saturated rings. The van der Waals surface area contributed by atoms with Crippen LogP contribution in [0.4, 0.5) is 5.69 Å². The molecule has 4 nitrogen and oxygen atoms in total. The van der Waals surface area contributed by atoms with Crippen LogP contribution in [-0.2, 0) is 10.2 Å². The van der Waals surface area contributed by atoms with Gasteiger partial charge in [-0.2, -0.15) is 0 Å². The molecule has 1 aromatic carbocycles. The summed E-state index contributed by atoms with van der Waals surface area (Å²) in [5.74, 6) is 0.139. The monoisotopic (exact) mass is 233 g/mol. The van der Waals surface area contributed by atoms with Gasteiger partial charge in [-0.1, -0.05) is 6.07 Å². The van der Waals surface area contributed by atoms with Gasteiger partial charge in [-0.15, -0.1) is 0 Å². The number of anilines is 1. The van der Waals surface area contributed by atoms with Crippen LogP contribution in [0.2, 0.25) is 0 Å². The van der Waals surface area contributed by atoms with Crippen LogP contribution < -0.4 is 9.64 Å². The van der Waals surface area contributed by atoms with E-state index in [0.717, 1.165) is 36.4 Å². The molecular formula is C13H15NO3. The lowest BCUT2D eigenvalue weighted by atomic mass is 9.95. The molecule has 0 unspecified atom stereocenters. The van der Waals surface area contributed by atoms with Crippen molar-refractivity contribution < 1.29 is 14.6 Å². The Hall–Kier alpha value is -1.71. The minimum Gasteiger partial charge on any atom is -0.490 e. The molecule has 1 saturated carbocycles. The second-order valence-electron chi connectivity index (χ2n) is 4.84. The Labute approximate surface area is 99.8 Å². The number of carboxylic acid groups (broad SMARTS) is 1. The lowest BCUT2D eigenvalue weighted by molar-refractivity contribution is -0.140. The van der Waals surface area contributed by atoms with E-state index < -0.39 is 11.4 Å². The fraction of sp³-hybridized carbons (Fsp3) is 0.462. The van der Waals surface area contributed by atoms with Crippen molar-refractivity contribution in [1.29, 1.82) is 0 Å². The quantitative estimate of drug-likeness (QED) is 0.843. The highest BCUT2D eigenvalue weighted by Gasteiger charge is 2.52. The molecule has 90 valence electrons. The number of rotatable bonds is 2. The molecule has 0 radical (unpaired) electrons. The van der Waals surface area contributed by atoms with E-state index in [1.54, 1.807) is 0 Å². The number of hydrogen-bond donors (Lipinski definition) is 1. The maximum atomic E-state index is 11.3. The van der Waals surface area contributed by atoms with E-state index in [9.17, 15) is 9.90 Å². The summed E-state index contributed by atoms with van der Waals surface area (Å²) in [5.41, 5.74) is 1.27. The number of aliphatic carboxylic acids is 1. The maximum absolute atomic E-state index is 11.3. The minimum atomic E-state index is -0.711. The predicted octanol–water partition coefficient (Wildman–Crippen LogP) is 1.63. The second kappa shape index (κ2) is 3.39. The molecule has 0 aromatic heterocycles. The summed E-state index contributed by atoms with van der Waals surface area (Å²) in [6.45, 7) is 1.53. The smallest absolute Gasteiger partial charge is 0.314 e. The van der Waals surface area contributed by atoms with E-state index in [0.29, 0.717) is 6.61 Å². The van der Waals surface area contributed by atoms with Crippen molar-refractivity contribution in [2.24, 2.45) is 0 Å². The van der Waals surface area contributed by atoms with Crippen LogP contribution in [0.3, 0.4) is 0 Å². The number of nitrogens with zero attached hydrogens (tertiary/aromatic N) is 1. The van der Waals surface area contributed by atoms with Gasteiger partial charge in [0.05, 0.1) is 17.6 Å². The summed E-state index contributed by atoms with van der Waals surface area (Å²) in [6.07, 6.45) is 1.48. The Morgan fingerprint density at radius 1 is 1.47 bits per heavy atom. The summed E-state index contributed by atoms with van der Waals surface area (Å²) in [5, 5.41) is 9.28. The van der Waals surface area contributed by atoms with Gasteiger partial charge in [-0.3, -0.25) is 4.79 Å². The normalized spacial score (nSPS) is 20.4. The third-order valence-electron chi connectivity index (χ3n) is 3.77. The van der Waals surface area contributed by atoms with Crippen molar-refractivity contribution in [1.82, 2.24) is 0 Å². The minimum absolute atomic E-state index is 0.632. The zero-order chi connectivity index (χ0) is 12.0. The third kappa shape index (κ3) is 1.47. The van der Waals surface area contributed by atoms with Gasteiger partial charge >= 0.3 is 5.97 Å². The summed E-state index contributed by atoms with van der Waals surface area (Å²) in [4.78, 5) is 13.4. The van der Waals surface area contributed by atoms with E-state index in [4.69, 9.17) is 4.74 Å². The molecule has 3 rings (SSSR count). The molecule has 0 bridgehead atoms. The highest BCUT2D eigenvalue weighted by atomic mass is 16.5. The van der Waals surface area contributed by atoms with Gasteiger partial charge in [0.15, 0.2) is 0 Å². The number of ether oxygens (including phenoxy) is 1. The highest BCUT2D eigenvalue weighted by molar-refractivity contribution is 5.85. The number of carboxylic acids is 1. The Kier molecular flexibility index (Phi) is 2.08. The highest BCUT2D eigenvalue weighted by Crippen LogP contribution is 2.50. The SMILES string of the molecule is CN1CCOc2ccc(C3(C(=O)O)CC3)cc21. The first kappa shape index (κ1) is 10.4. The molecule has 1 aliphatic heterocycles. The summed E-state index contributed by atoms with van der Waals surface area (Å²) in [7, 11) is 2.01. The summed E-state index contributed by atoms with van der Waals surface area (Å²) >= 11 is 0. The van der Waals surface area contributed by atoms with Crippen molar-refractivity contribution in [3.63, 3.8) is 0 Å². The van der Waals surface area contributed by atoms with Gasteiger partial charge in [0.2, 0.25) is 0 Å². The number of hydrogen-bond acceptors (Lipinski definition) is 3. The molecule has 2 aliphatic rings. The van der Waals surface area contributed by atoms with E-state index in [2.05, 4.69) is 4.90 Å². The first-order chi connectivity index (χ1) is 8.13. The molecule has 1 aliphatic carbocycles. The number of fused-ring (bicyclic) bond motifs is 1. The van der Waals surface area contributed by atoms with Crippen LogP contribution in [0.25, 0.3) is 0 Å². The fourth-order valence-corrected chi connectivity index (χ4v) is 2.40. The van der Waals surface area contributed by atoms with Gasteiger partial charge in [-0.05, 0) is 30.5 Å². The fourth-order valence-electron chi connectivity index (χ4n) is 2.40. The molecule has 1 heterocycles.